The molecule has 0 aliphatic carbocycles. The maximum Gasteiger partial charge on any atom is 0.305 e. The van der Waals surface area contributed by atoms with Gasteiger partial charge in [-0.3, -0.25) is 9.59 Å². The molecular formula is C16H15ClN2O4. The number of nitrogens with one attached hydrogen (secondary N) is 1. The zero-order valence-electron chi connectivity index (χ0n) is 12.3. The Labute approximate surface area is 138 Å². The molecule has 0 aliphatic heterocycles. The predicted molar refractivity (Wildman–Crippen MR) is 84.7 cm³/mol. The molecule has 1 aromatic carbocycles. The standard InChI is InChI=1S/C16H15ClN2O4/c1-23-14-8-10(6-7-18-14)16(22)19-13(9-15(20)21)11-4-2-3-5-12(11)17/h2-8,13H,9H2,1H3,(H,19,22)(H,20,21)/t13-/m1/s1. The largest absolute Gasteiger partial charge is 0.481 e. The molecule has 0 aliphatic rings. The third-order valence-electron chi connectivity index (χ3n) is 3.17. The van der Waals surface area contributed by atoms with Crippen molar-refractivity contribution in [2.24, 2.45) is 0 Å². The maximum atomic E-state index is 12.4. The highest BCUT2D eigenvalue weighted by Gasteiger charge is 2.21. The fourth-order valence-corrected chi connectivity index (χ4v) is 2.34. The lowest BCUT2D eigenvalue weighted by atomic mass is 10.0. The Balaban J connectivity index is 2.25. The van der Waals surface area contributed by atoms with Crippen LogP contribution in [0.5, 0.6) is 5.88 Å². The normalized spacial score (nSPS) is 11.6. The summed E-state index contributed by atoms with van der Waals surface area (Å²) in [5.74, 6) is -1.18. The van der Waals surface area contributed by atoms with E-state index in [1.165, 1.54) is 25.4 Å². The van der Waals surface area contributed by atoms with Crippen molar-refractivity contribution in [3.8, 4) is 5.88 Å². The van der Waals surface area contributed by atoms with E-state index in [9.17, 15) is 9.59 Å². The number of carbonyl (C=O) groups is 2. The first-order valence-corrected chi connectivity index (χ1v) is 7.16. The van der Waals surface area contributed by atoms with Gasteiger partial charge < -0.3 is 15.2 Å². The Kier molecular flexibility index (Phi) is 5.54. The van der Waals surface area contributed by atoms with Gasteiger partial charge >= 0.3 is 5.97 Å². The number of benzene rings is 1. The van der Waals surface area contributed by atoms with Crippen molar-refractivity contribution in [2.75, 3.05) is 7.11 Å². The lowest BCUT2D eigenvalue weighted by Gasteiger charge is -2.18. The van der Waals surface area contributed by atoms with E-state index in [0.717, 1.165) is 0 Å². The van der Waals surface area contributed by atoms with Crippen molar-refractivity contribution in [2.45, 2.75) is 12.5 Å². The first-order chi connectivity index (χ1) is 11.0. The van der Waals surface area contributed by atoms with Crippen LogP contribution < -0.4 is 10.1 Å². The van der Waals surface area contributed by atoms with Gasteiger partial charge in [0.2, 0.25) is 5.88 Å². The maximum absolute atomic E-state index is 12.4. The zero-order valence-corrected chi connectivity index (χ0v) is 13.1. The molecule has 0 fully saturated rings. The summed E-state index contributed by atoms with van der Waals surface area (Å²) in [5, 5.41) is 12.2. The monoisotopic (exact) mass is 334 g/mol. The number of methoxy groups -OCH3 is 1. The van der Waals surface area contributed by atoms with Gasteiger partial charge in [-0.15, -0.1) is 0 Å². The summed E-state index contributed by atoms with van der Waals surface area (Å²) in [4.78, 5) is 27.4. The fraction of sp³-hybridized carbons (Fsp3) is 0.188. The molecule has 0 bridgehead atoms. The highest BCUT2D eigenvalue weighted by atomic mass is 35.5. The van der Waals surface area contributed by atoms with Crippen LogP contribution in [-0.2, 0) is 4.79 Å². The number of aliphatic carboxylic acids is 1. The number of ether oxygens (including phenoxy) is 1. The third-order valence-corrected chi connectivity index (χ3v) is 3.52. The average molecular weight is 335 g/mol. The summed E-state index contributed by atoms with van der Waals surface area (Å²) in [6, 6.07) is 9.04. The molecule has 120 valence electrons. The number of hydrogen-bond donors (Lipinski definition) is 2. The summed E-state index contributed by atoms with van der Waals surface area (Å²) >= 11 is 6.11. The Morgan fingerprint density at radius 2 is 2.09 bits per heavy atom. The van der Waals surface area contributed by atoms with Crippen molar-refractivity contribution < 1.29 is 19.4 Å². The molecule has 23 heavy (non-hydrogen) atoms. The molecule has 1 atom stereocenters. The number of aromatic nitrogens is 1. The van der Waals surface area contributed by atoms with Gasteiger partial charge in [-0.2, -0.15) is 0 Å². The number of carboxylic acid groups (broad SMARTS) is 1. The van der Waals surface area contributed by atoms with Crippen molar-refractivity contribution in [3.05, 3.63) is 58.7 Å². The van der Waals surface area contributed by atoms with Crippen LogP contribution in [0.1, 0.15) is 28.4 Å². The van der Waals surface area contributed by atoms with Gasteiger partial charge in [0.15, 0.2) is 0 Å². The minimum absolute atomic E-state index is 0.280. The van der Waals surface area contributed by atoms with Crippen molar-refractivity contribution >= 4 is 23.5 Å². The van der Waals surface area contributed by atoms with Crippen LogP contribution in [0, 0.1) is 0 Å². The van der Waals surface area contributed by atoms with Crippen molar-refractivity contribution in [1.29, 1.82) is 0 Å². The lowest BCUT2D eigenvalue weighted by Crippen LogP contribution is -2.30. The van der Waals surface area contributed by atoms with Crippen LogP contribution in [0.2, 0.25) is 5.02 Å². The quantitative estimate of drug-likeness (QED) is 0.848. The van der Waals surface area contributed by atoms with E-state index >= 15 is 0 Å². The molecular weight excluding hydrogens is 320 g/mol. The van der Waals surface area contributed by atoms with Gasteiger partial charge in [-0.05, 0) is 17.7 Å². The first kappa shape index (κ1) is 16.8. The van der Waals surface area contributed by atoms with E-state index in [-0.39, 0.29) is 6.42 Å². The van der Waals surface area contributed by atoms with Gasteiger partial charge in [-0.1, -0.05) is 29.8 Å². The molecule has 0 spiro atoms. The molecule has 0 unspecified atom stereocenters. The van der Waals surface area contributed by atoms with Gasteiger partial charge in [0.05, 0.1) is 19.6 Å². The third kappa shape index (κ3) is 4.43. The topological polar surface area (TPSA) is 88.5 Å². The summed E-state index contributed by atoms with van der Waals surface area (Å²) in [6.07, 6.45) is 1.16. The summed E-state index contributed by atoms with van der Waals surface area (Å²) < 4.78 is 4.97. The summed E-state index contributed by atoms with van der Waals surface area (Å²) in [7, 11) is 1.45. The van der Waals surface area contributed by atoms with Crippen LogP contribution in [-0.4, -0.2) is 29.1 Å². The minimum Gasteiger partial charge on any atom is -0.481 e. The van der Waals surface area contributed by atoms with Crippen LogP contribution in [0.4, 0.5) is 0 Å². The number of halogens is 1. The summed E-state index contributed by atoms with van der Waals surface area (Å²) in [5.41, 5.74) is 0.866. The van der Waals surface area contributed by atoms with Gasteiger partial charge in [0.1, 0.15) is 0 Å². The Morgan fingerprint density at radius 1 is 1.35 bits per heavy atom. The number of carbonyl (C=O) groups excluding carboxylic acids is 1. The van der Waals surface area contributed by atoms with Gasteiger partial charge in [-0.25, -0.2) is 4.98 Å². The lowest BCUT2D eigenvalue weighted by molar-refractivity contribution is -0.137. The van der Waals surface area contributed by atoms with Crippen LogP contribution in [0.15, 0.2) is 42.6 Å². The number of carboxylic acids is 1. The predicted octanol–water partition coefficient (Wildman–Crippen LogP) is 2.69. The second-order valence-electron chi connectivity index (χ2n) is 4.73. The second-order valence-corrected chi connectivity index (χ2v) is 5.14. The molecule has 1 amide bonds. The average Bonchev–Trinajstić information content (AvgIpc) is 2.54. The highest BCUT2D eigenvalue weighted by molar-refractivity contribution is 6.31. The van der Waals surface area contributed by atoms with E-state index in [1.807, 2.05) is 0 Å². The van der Waals surface area contributed by atoms with E-state index < -0.39 is 17.9 Å². The van der Waals surface area contributed by atoms with Gasteiger partial charge in [0.25, 0.3) is 5.91 Å². The molecule has 2 rings (SSSR count). The second kappa shape index (κ2) is 7.60. The molecule has 7 heteroatoms. The molecule has 1 heterocycles. The molecule has 6 nitrogen and oxygen atoms in total. The Morgan fingerprint density at radius 3 is 2.74 bits per heavy atom. The molecule has 2 N–H and O–H groups in total. The number of hydrogen-bond acceptors (Lipinski definition) is 4. The number of amides is 1. The number of nitrogens with zero attached hydrogens (tertiary/aromatic N) is 1. The molecule has 1 aromatic heterocycles. The van der Waals surface area contributed by atoms with Crippen molar-refractivity contribution in [3.63, 3.8) is 0 Å². The van der Waals surface area contributed by atoms with Crippen LogP contribution in [0.3, 0.4) is 0 Å². The zero-order chi connectivity index (χ0) is 16.8. The summed E-state index contributed by atoms with van der Waals surface area (Å²) in [6.45, 7) is 0. The van der Waals surface area contributed by atoms with E-state index in [1.54, 1.807) is 24.3 Å². The Hall–Kier alpha value is -2.60. The fourth-order valence-electron chi connectivity index (χ4n) is 2.07. The van der Waals surface area contributed by atoms with E-state index in [0.29, 0.717) is 22.0 Å². The van der Waals surface area contributed by atoms with Crippen molar-refractivity contribution in [1.82, 2.24) is 10.3 Å². The van der Waals surface area contributed by atoms with Crippen LogP contribution in [0.25, 0.3) is 0 Å². The SMILES string of the molecule is COc1cc(C(=O)N[C@H](CC(=O)O)c2ccccc2Cl)ccn1. The molecule has 0 saturated heterocycles. The number of pyridine rings is 1. The first-order valence-electron chi connectivity index (χ1n) is 6.78. The van der Waals surface area contributed by atoms with E-state index in [4.69, 9.17) is 21.4 Å². The smallest absolute Gasteiger partial charge is 0.305 e. The van der Waals surface area contributed by atoms with Gasteiger partial charge in [0, 0.05) is 22.8 Å². The molecule has 2 aromatic rings. The molecule has 0 radical (unpaired) electrons. The van der Waals surface area contributed by atoms with E-state index in [2.05, 4.69) is 10.3 Å². The highest BCUT2D eigenvalue weighted by Crippen LogP contribution is 2.25. The molecule has 0 saturated carbocycles. The number of rotatable bonds is 6. The Bertz CT molecular complexity index is 721. The minimum atomic E-state index is -1.04. The van der Waals surface area contributed by atoms with Crippen LogP contribution >= 0.6 is 11.6 Å².